The van der Waals surface area contributed by atoms with Crippen LogP contribution in [0.3, 0.4) is 0 Å². The number of alkyl halides is 1. The normalized spacial score (nSPS) is 11.1. The molecule has 0 amide bonds. The molecule has 0 aliphatic heterocycles. The smallest absolute Gasteiger partial charge is 0.230 e. The summed E-state index contributed by atoms with van der Waals surface area (Å²) in [6, 6.07) is 1.53. The number of halogens is 1. The molecule has 0 bridgehead atoms. The third kappa shape index (κ3) is 3.56. The molecule has 1 rings (SSSR count). The highest BCUT2D eigenvalue weighted by atomic mass is 35.5. The number of aromatic nitrogens is 1. The van der Waals surface area contributed by atoms with Crippen LogP contribution in [0.4, 0.5) is 5.82 Å². The summed E-state index contributed by atoms with van der Waals surface area (Å²) in [5.41, 5.74) is 0.681. The van der Waals surface area contributed by atoms with Crippen LogP contribution in [-0.2, 0) is 15.9 Å². The summed E-state index contributed by atoms with van der Waals surface area (Å²) < 4.78 is 29.1. The monoisotopic (exact) mass is 250 g/mol. The van der Waals surface area contributed by atoms with Crippen molar-refractivity contribution in [1.82, 2.24) is 4.98 Å². The molecule has 0 aliphatic rings. The van der Waals surface area contributed by atoms with Gasteiger partial charge in [0.2, 0.25) is 10.0 Å². The molecule has 0 atom stereocenters. The third-order valence-corrected chi connectivity index (χ3v) is 2.47. The van der Waals surface area contributed by atoms with Crippen LogP contribution in [0.15, 0.2) is 12.3 Å². The van der Waals surface area contributed by atoms with Crippen LogP contribution in [0.5, 0.6) is 5.75 Å². The van der Waals surface area contributed by atoms with Crippen LogP contribution >= 0.6 is 11.6 Å². The highest BCUT2D eigenvalue weighted by Gasteiger charge is 2.07. The van der Waals surface area contributed by atoms with Crippen LogP contribution in [0.2, 0.25) is 0 Å². The highest BCUT2D eigenvalue weighted by Crippen LogP contribution is 2.21. The second-order valence-electron chi connectivity index (χ2n) is 2.89. The fourth-order valence-corrected chi connectivity index (χ4v) is 1.72. The van der Waals surface area contributed by atoms with E-state index in [9.17, 15) is 8.42 Å². The van der Waals surface area contributed by atoms with E-state index in [0.717, 1.165) is 6.26 Å². The molecule has 1 N–H and O–H groups in total. The summed E-state index contributed by atoms with van der Waals surface area (Å²) in [5, 5.41) is 0. The van der Waals surface area contributed by atoms with Crippen LogP contribution < -0.4 is 9.46 Å². The van der Waals surface area contributed by atoms with Gasteiger partial charge in [0, 0.05) is 5.56 Å². The Morgan fingerprint density at radius 1 is 1.60 bits per heavy atom. The number of ether oxygens (including phenoxy) is 1. The lowest BCUT2D eigenvalue weighted by Crippen LogP contribution is -2.11. The molecule has 0 aromatic carbocycles. The third-order valence-electron chi connectivity index (χ3n) is 1.60. The van der Waals surface area contributed by atoms with Crippen molar-refractivity contribution >= 4 is 27.4 Å². The Hall–Kier alpha value is -1.01. The Morgan fingerprint density at radius 3 is 2.73 bits per heavy atom. The predicted octanol–water partition coefficient (Wildman–Crippen LogP) is 1.20. The molecule has 1 aromatic heterocycles. The van der Waals surface area contributed by atoms with E-state index in [0.29, 0.717) is 11.3 Å². The van der Waals surface area contributed by atoms with Gasteiger partial charge in [-0.15, -0.1) is 11.6 Å². The lowest BCUT2D eigenvalue weighted by molar-refractivity contribution is 0.409. The van der Waals surface area contributed by atoms with Gasteiger partial charge in [-0.25, -0.2) is 13.4 Å². The zero-order valence-corrected chi connectivity index (χ0v) is 9.89. The number of nitrogens with one attached hydrogen (secondary N) is 1. The standard InChI is InChI=1S/C8H11ClN2O3S/c1-14-7-5-10-8(3-6(7)4-9)11-15(2,12)13/h3,5H,4H2,1-2H3,(H,10,11). The summed E-state index contributed by atoms with van der Waals surface area (Å²) in [6.45, 7) is 0. The van der Waals surface area contributed by atoms with Crippen molar-refractivity contribution in [2.45, 2.75) is 5.88 Å². The second-order valence-corrected chi connectivity index (χ2v) is 4.90. The molecule has 0 unspecified atom stereocenters. The number of nitrogens with zero attached hydrogens (tertiary/aromatic N) is 1. The summed E-state index contributed by atoms with van der Waals surface area (Å²) in [6.07, 6.45) is 2.48. The van der Waals surface area contributed by atoms with Crippen LogP contribution in [0, 0.1) is 0 Å². The van der Waals surface area contributed by atoms with Crippen molar-refractivity contribution in [2.75, 3.05) is 18.1 Å². The molecule has 15 heavy (non-hydrogen) atoms. The first kappa shape index (κ1) is 12.1. The van der Waals surface area contributed by atoms with Crippen molar-refractivity contribution < 1.29 is 13.2 Å². The molecule has 0 saturated carbocycles. The molecule has 0 radical (unpaired) electrons. The molecule has 0 saturated heterocycles. The first-order chi connectivity index (χ1) is 6.96. The van der Waals surface area contributed by atoms with Gasteiger partial charge in [0.15, 0.2) is 0 Å². The average molecular weight is 251 g/mol. The van der Waals surface area contributed by atoms with Gasteiger partial charge < -0.3 is 4.74 Å². The molecule has 5 nitrogen and oxygen atoms in total. The average Bonchev–Trinajstić information content (AvgIpc) is 2.15. The molecular weight excluding hydrogens is 240 g/mol. The van der Waals surface area contributed by atoms with E-state index in [1.165, 1.54) is 19.4 Å². The topological polar surface area (TPSA) is 68.3 Å². The van der Waals surface area contributed by atoms with E-state index in [1.54, 1.807) is 0 Å². The largest absolute Gasteiger partial charge is 0.495 e. The summed E-state index contributed by atoms with van der Waals surface area (Å²) in [5.74, 6) is 0.988. The Bertz CT molecular complexity index is 447. The molecule has 84 valence electrons. The van der Waals surface area contributed by atoms with E-state index >= 15 is 0 Å². The van der Waals surface area contributed by atoms with Crippen LogP contribution in [0.1, 0.15) is 5.56 Å². The number of pyridine rings is 1. The molecule has 0 fully saturated rings. The number of anilines is 1. The number of rotatable bonds is 4. The molecule has 0 spiro atoms. The summed E-state index contributed by atoms with van der Waals surface area (Å²) >= 11 is 5.67. The van der Waals surface area contributed by atoms with E-state index in [4.69, 9.17) is 16.3 Å². The SMILES string of the molecule is COc1cnc(NS(C)(=O)=O)cc1CCl. The number of hydrogen-bond acceptors (Lipinski definition) is 4. The van der Waals surface area contributed by atoms with E-state index < -0.39 is 10.0 Å². The first-order valence-electron chi connectivity index (χ1n) is 4.03. The number of methoxy groups -OCH3 is 1. The van der Waals surface area contributed by atoms with Gasteiger partial charge in [0.25, 0.3) is 0 Å². The zero-order chi connectivity index (χ0) is 11.5. The fraction of sp³-hybridized carbons (Fsp3) is 0.375. The summed E-state index contributed by atoms with van der Waals surface area (Å²) in [4.78, 5) is 3.87. The highest BCUT2D eigenvalue weighted by molar-refractivity contribution is 7.92. The minimum Gasteiger partial charge on any atom is -0.495 e. The molecule has 1 heterocycles. The van der Waals surface area contributed by atoms with Crippen molar-refractivity contribution in [3.8, 4) is 5.75 Å². The fourth-order valence-electron chi connectivity index (χ4n) is 1.02. The maximum Gasteiger partial charge on any atom is 0.230 e. The zero-order valence-electron chi connectivity index (χ0n) is 8.32. The first-order valence-corrected chi connectivity index (χ1v) is 6.45. The van der Waals surface area contributed by atoms with Gasteiger partial charge in [0.1, 0.15) is 11.6 Å². The Balaban J connectivity index is 3.03. The van der Waals surface area contributed by atoms with Gasteiger partial charge >= 0.3 is 0 Å². The van der Waals surface area contributed by atoms with Crippen molar-refractivity contribution in [3.05, 3.63) is 17.8 Å². The minimum atomic E-state index is -3.32. The van der Waals surface area contributed by atoms with Gasteiger partial charge in [-0.05, 0) is 6.07 Å². The van der Waals surface area contributed by atoms with Gasteiger partial charge in [0.05, 0.1) is 25.4 Å². The maximum absolute atomic E-state index is 10.9. The predicted molar refractivity (Wildman–Crippen MR) is 58.8 cm³/mol. The lowest BCUT2D eigenvalue weighted by atomic mass is 10.3. The van der Waals surface area contributed by atoms with Crippen LogP contribution in [0.25, 0.3) is 0 Å². The minimum absolute atomic E-state index is 0.226. The van der Waals surface area contributed by atoms with Crippen LogP contribution in [-0.4, -0.2) is 26.8 Å². The van der Waals surface area contributed by atoms with E-state index in [2.05, 4.69) is 9.71 Å². The van der Waals surface area contributed by atoms with Gasteiger partial charge in [-0.2, -0.15) is 0 Å². The van der Waals surface area contributed by atoms with E-state index in [1.807, 2.05) is 0 Å². The lowest BCUT2D eigenvalue weighted by Gasteiger charge is -2.08. The van der Waals surface area contributed by atoms with Crippen molar-refractivity contribution in [1.29, 1.82) is 0 Å². The molecule has 7 heteroatoms. The number of hydrogen-bond donors (Lipinski definition) is 1. The molecule has 1 aromatic rings. The van der Waals surface area contributed by atoms with Gasteiger partial charge in [-0.3, -0.25) is 4.72 Å². The Labute approximate surface area is 93.5 Å². The Kier molecular flexibility index (Phi) is 3.76. The number of sulfonamides is 1. The maximum atomic E-state index is 10.9. The Morgan fingerprint density at radius 2 is 2.27 bits per heavy atom. The molecule has 0 aliphatic carbocycles. The quantitative estimate of drug-likeness (QED) is 0.816. The van der Waals surface area contributed by atoms with E-state index in [-0.39, 0.29) is 11.7 Å². The summed E-state index contributed by atoms with van der Waals surface area (Å²) in [7, 11) is -1.82. The second kappa shape index (κ2) is 4.67. The van der Waals surface area contributed by atoms with Crippen molar-refractivity contribution in [2.24, 2.45) is 0 Å². The van der Waals surface area contributed by atoms with Gasteiger partial charge in [-0.1, -0.05) is 0 Å². The molecular formula is C8H11ClN2O3S. The van der Waals surface area contributed by atoms with Crippen molar-refractivity contribution in [3.63, 3.8) is 0 Å².